The smallest absolute Gasteiger partial charge is 0.240 e. The highest BCUT2D eigenvalue weighted by Crippen LogP contribution is 2.26. The maximum Gasteiger partial charge on any atom is 0.240 e. The fourth-order valence-electron chi connectivity index (χ4n) is 2.36. The van der Waals surface area contributed by atoms with Gasteiger partial charge in [0.2, 0.25) is 10.0 Å². The van der Waals surface area contributed by atoms with E-state index < -0.39 is 10.0 Å². The van der Waals surface area contributed by atoms with Crippen molar-refractivity contribution in [1.82, 2.24) is 19.7 Å². The number of methoxy groups -OCH3 is 1. The van der Waals surface area contributed by atoms with Crippen LogP contribution in [0, 0.1) is 0 Å². The molecule has 3 aromatic rings. The molecule has 3 rings (SSSR count). The molecule has 0 saturated carbocycles. The summed E-state index contributed by atoms with van der Waals surface area (Å²) in [6.07, 6.45) is 3.07. The number of rotatable bonds is 9. The summed E-state index contributed by atoms with van der Waals surface area (Å²) in [4.78, 5) is 12.5. The van der Waals surface area contributed by atoms with Crippen molar-refractivity contribution < 1.29 is 13.2 Å². The Morgan fingerprint density at radius 1 is 1.00 bits per heavy atom. The monoisotopic (exact) mass is 434 g/mol. The van der Waals surface area contributed by atoms with Crippen LogP contribution >= 0.6 is 11.6 Å². The van der Waals surface area contributed by atoms with Gasteiger partial charge in [0.1, 0.15) is 29.5 Å². The number of benzene rings is 1. The Bertz CT molecular complexity index is 1070. The molecule has 0 spiro atoms. The van der Waals surface area contributed by atoms with Gasteiger partial charge < -0.3 is 15.4 Å². The standard InChI is InChI=1S/C18H19ClN6O3S/c1-28-15-6-5-13(10-14(15)19)29(26,27)24-9-8-21-17-11-18(23-12-22-17)25-16-4-2-3-7-20-16/h2-7,10-12,24H,8-9H2,1H3,(H2,20,21,22,23,25). The van der Waals surface area contributed by atoms with Crippen molar-refractivity contribution >= 4 is 39.1 Å². The molecule has 0 amide bonds. The molecular weight excluding hydrogens is 416 g/mol. The van der Waals surface area contributed by atoms with E-state index in [2.05, 4.69) is 30.3 Å². The maximum absolute atomic E-state index is 12.4. The Labute approximate surface area is 173 Å². The topological polar surface area (TPSA) is 118 Å². The number of aromatic nitrogens is 3. The third-order valence-electron chi connectivity index (χ3n) is 3.74. The fourth-order valence-corrected chi connectivity index (χ4v) is 3.74. The minimum atomic E-state index is -3.69. The molecule has 29 heavy (non-hydrogen) atoms. The van der Waals surface area contributed by atoms with Gasteiger partial charge in [-0.2, -0.15) is 0 Å². The van der Waals surface area contributed by atoms with Crippen LogP contribution in [-0.2, 0) is 10.0 Å². The van der Waals surface area contributed by atoms with Crippen molar-refractivity contribution in [2.24, 2.45) is 0 Å². The van der Waals surface area contributed by atoms with Crippen LogP contribution in [0.1, 0.15) is 0 Å². The zero-order chi connectivity index (χ0) is 20.7. The van der Waals surface area contributed by atoms with Gasteiger partial charge in [-0.25, -0.2) is 28.1 Å². The lowest BCUT2D eigenvalue weighted by molar-refractivity contribution is 0.414. The quantitative estimate of drug-likeness (QED) is 0.440. The van der Waals surface area contributed by atoms with Gasteiger partial charge in [-0.3, -0.25) is 0 Å². The lowest BCUT2D eigenvalue weighted by Gasteiger charge is -2.10. The van der Waals surface area contributed by atoms with E-state index in [9.17, 15) is 8.42 Å². The number of pyridine rings is 1. The van der Waals surface area contributed by atoms with Crippen molar-refractivity contribution in [2.75, 3.05) is 30.8 Å². The molecule has 0 atom stereocenters. The summed E-state index contributed by atoms with van der Waals surface area (Å²) < 4.78 is 32.3. The summed E-state index contributed by atoms with van der Waals surface area (Å²) in [6, 6.07) is 11.5. The van der Waals surface area contributed by atoms with Gasteiger partial charge in [-0.1, -0.05) is 17.7 Å². The van der Waals surface area contributed by atoms with E-state index >= 15 is 0 Å². The van der Waals surface area contributed by atoms with E-state index in [1.54, 1.807) is 12.3 Å². The Morgan fingerprint density at radius 3 is 2.55 bits per heavy atom. The first kappa shape index (κ1) is 20.8. The van der Waals surface area contributed by atoms with E-state index in [0.29, 0.717) is 29.7 Å². The number of halogens is 1. The molecule has 9 nitrogen and oxygen atoms in total. The normalized spacial score (nSPS) is 11.1. The molecule has 152 valence electrons. The van der Waals surface area contributed by atoms with E-state index in [1.165, 1.54) is 31.6 Å². The minimum absolute atomic E-state index is 0.0622. The number of sulfonamides is 1. The summed E-state index contributed by atoms with van der Waals surface area (Å²) in [6.45, 7) is 0.474. The van der Waals surface area contributed by atoms with Crippen molar-refractivity contribution in [1.29, 1.82) is 0 Å². The molecule has 0 aliphatic rings. The van der Waals surface area contributed by atoms with Gasteiger partial charge in [-0.15, -0.1) is 0 Å². The number of nitrogens with one attached hydrogen (secondary N) is 3. The molecule has 0 radical (unpaired) electrons. The van der Waals surface area contributed by atoms with Gasteiger partial charge in [0.25, 0.3) is 0 Å². The summed E-state index contributed by atoms with van der Waals surface area (Å²) >= 11 is 6.00. The molecule has 0 saturated heterocycles. The first-order chi connectivity index (χ1) is 14.0. The molecule has 0 aliphatic carbocycles. The van der Waals surface area contributed by atoms with Crippen LogP contribution in [0.4, 0.5) is 17.5 Å². The third kappa shape index (κ3) is 5.76. The van der Waals surface area contributed by atoms with Crippen molar-refractivity contribution in [3.05, 3.63) is 60.0 Å². The molecule has 0 unspecified atom stereocenters. The van der Waals surface area contributed by atoms with Gasteiger partial charge in [0.05, 0.1) is 17.0 Å². The summed E-state index contributed by atoms with van der Waals surface area (Å²) in [5, 5.41) is 6.32. The van der Waals surface area contributed by atoms with E-state index in [-0.39, 0.29) is 16.5 Å². The summed E-state index contributed by atoms with van der Waals surface area (Å²) in [5.41, 5.74) is 0. The van der Waals surface area contributed by atoms with Crippen molar-refractivity contribution in [2.45, 2.75) is 4.90 Å². The van der Waals surface area contributed by atoms with Crippen LogP contribution in [0.3, 0.4) is 0 Å². The van der Waals surface area contributed by atoms with Crippen LogP contribution in [0.5, 0.6) is 5.75 Å². The van der Waals surface area contributed by atoms with Crippen molar-refractivity contribution in [3.63, 3.8) is 0 Å². The van der Waals surface area contributed by atoms with Crippen LogP contribution in [0.2, 0.25) is 5.02 Å². The second-order valence-electron chi connectivity index (χ2n) is 5.75. The van der Waals surface area contributed by atoms with Gasteiger partial charge in [0, 0.05) is 25.4 Å². The molecule has 11 heteroatoms. The highest BCUT2D eigenvalue weighted by Gasteiger charge is 2.15. The highest BCUT2D eigenvalue weighted by atomic mass is 35.5. The van der Waals surface area contributed by atoms with Crippen LogP contribution in [0.15, 0.2) is 59.9 Å². The van der Waals surface area contributed by atoms with E-state index in [0.717, 1.165) is 0 Å². The van der Waals surface area contributed by atoms with Gasteiger partial charge >= 0.3 is 0 Å². The number of nitrogens with zero attached hydrogens (tertiary/aromatic N) is 3. The number of anilines is 3. The fraction of sp³-hybridized carbons (Fsp3) is 0.167. The largest absolute Gasteiger partial charge is 0.495 e. The number of ether oxygens (including phenoxy) is 1. The molecule has 1 aromatic carbocycles. The molecule has 2 heterocycles. The average Bonchev–Trinajstić information content (AvgIpc) is 2.72. The van der Waals surface area contributed by atoms with Crippen LogP contribution < -0.4 is 20.1 Å². The molecule has 0 fully saturated rings. The summed E-state index contributed by atoms with van der Waals surface area (Å²) in [7, 11) is -2.23. The minimum Gasteiger partial charge on any atom is -0.495 e. The van der Waals surface area contributed by atoms with Crippen LogP contribution in [0.25, 0.3) is 0 Å². The molecule has 3 N–H and O–H groups in total. The first-order valence-electron chi connectivity index (χ1n) is 8.55. The van der Waals surface area contributed by atoms with Crippen LogP contribution in [-0.4, -0.2) is 43.6 Å². The maximum atomic E-state index is 12.4. The molecule has 0 aliphatic heterocycles. The lowest BCUT2D eigenvalue weighted by Crippen LogP contribution is -2.29. The van der Waals surface area contributed by atoms with Gasteiger partial charge in [0.15, 0.2) is 0 Å². The molecule has 0 bridgehead atoms. The van der Waals surface area contributed by atoms with E-state index in [4.69, 9.17) is 16.3 Å². The Morgan fingerprint density at radius 2 is 1.83 bits per heavy atom. The second kappa shape index (κ2) is 9.50. The van der Waals surface area contributed by atoms with Crippen molar-refractivity contribution in [3.8, 4) is 5.75 Å². The zero-order valence-corrected chi connectivity index (χ0v) is 17.0. The highest BCUT2D eigenvalue weighted by molar-refractivity contribution is 7.89. The zero-order valence-electron chi connectivity index (χ0n) is 15.5. The summed E-state index contributed by atoms with van der Waals surface area (Å²) in [5.74, 6) is 2.18. The SMILES string of the molecule is COc1ccc(S(=O)(=O)NCCNc2cc(Nc3ccccn3)ncn2)cc1Cl. The lowest BCUT2D eigenvalue weighted by atomic mass is 10.3. The Balaban J connectivity index is 1.53. The molecule has 2 aromatic heterocycles. The first-order valence-corrected chi connectivity index (χ1v) is 10.4. The predicted octanol–water partition coefficient (Wildman–Crippen LogP) is 2.67. The second-order valence-corrected chi connectivity index (χ2v) is 7.92. The Kier molecular flexibility index (Phi) is 6.81. The predicted molar refractivity (Wildman–Crippen MR) is 111 cm³/mol. The van der Waals surface area contributed by atoms with Gasteiger partial charge in [-0.05, 0) is 30.3 Å². The number of hydrogen-bond donors (Lipinski definition) is 3. The third-order valence-corrected chi connectivity index (χ3v) is 5.50. The molecular formula is C18H19ClN6O3S. The Hall–Kier alpha value is -2.95. The van der Waals surface area contributed by atoms with E-state index in [1.807, 2.05) is 18.2 Å². The number of hydrogen-bond acceptors (Lipinski definition) is 8. The average molecular weight is 435 g/mol.